The van der Waals surface area contributed by atoms with Crippen LogP contribution in [0.4, 0.5) is 13.6 Å². The monoisotopic (exact) mass is 250 g/mol. The molecule has 6 heteroatoms. The highest BCUT2D eigenvalue weighted by atomic mass is 19.3. The average molecular weight is 250 g/mol. The standard InChI is InChI=1S/C11H20F2N2O2/c1-6(9(12)13)14-7-5-8(7)15-10(16)17-11(2,3)4/h6-9,14H,5H2,1-4H3,(H,15,16). The van der Waals surface area contributed by atoms with Gasteiger partial charge in [0.2, 0.25) is 0 Å². The summed E-state index contributed by atoms with van der Waals surface area (Å²) < 4.78 is 29.6. The van der Waals surface area contributed by atoms with Crippen LogP contribution in [0.15, 0.2) is 0 Å². The smallest absolute Gasteiger partial charge is 0.407 e. The first-order valence-corrected chi connectivity index (χ1v) is 5.73. The number of hydrogen-bond donors (Lipinski definition) is 2. The summed E-state index contributed by atoms with van der Waals surface area (Å²) in [6.07, 6.45) is -2.23. The van der Waals surface area contributed by atoms with Gasteiger partial charge in [0, 0.05) is 12.1 Å². The molecule has 4 nitrogen and oxygen atoms in total. The molecule has 1 saturated carbocycles. The minimum atomic E-state index is -2.39. The van der Waals surface area contributed by atoms with E-state index in [1.165, 1.54) is 6.92 Å². The number of hydrogen-bond acceptors (Lipinski definition) is 3. The van der Waals surface area contributed by atoms with Crippen molar-refractivity contribution in [2.45, 2.75) is 64.3 Å². The quantitative estimate of drug-likeness (QED) is 0.801. The molecule has 0 saturated heterocycles. The van der Waals surface area contributed by atoms with Crippen LogP contribution in [-0.2, 0) is 4.74 Å². The van der Waals surface area contributed by atoms with Crippen LogP contribution in [0, 0.1) is 0 Å². The molecule has 1 aliphatic carbocycles. The molecule has 1 fully saturated rings. The molecule has 0 aliphatic heterocycles. The lowest BCUT2D eigenvalue weighted by atomic mass is 10.2. The summed E-state index contributed by atoms with van der Waals surface area (Å²) in [7, 11) is 0. The van der Waals surface area contributed by atoms with E-state index in [2.05, 4.69) is 10.6 Å². The fraction of sp³-hybridized carbons (Fsp3) is 0.909. The normalized spacial score (nSPS) is 25.6. The lowest BCUT2D eigenvalue weighted by Gasteiger charge is -2.20. The molecular weight excluding hydrogens is 230 g/mol. The Morgan fingerprint density at radius 3 is 2.41 bits per heavy atom. The van der Waals surface area contributed by atoms with Crippen LogP contribution >= 0.6 is 0 Å². The van der Waals surface area contributed by atoms with Gasteiger partial charge in [-0.05, 0) is 34.1 Å². The van der Waals surface area contributed by atoms with Crippen LogP contribution in [0.25, 0.3) is 0 Å². The Kier molecular flexibility index (Phi) is 4.30. The predicted octanol–water partition coefficient (Wildman–Crippen LogP) is 1.90. The van der Waals surface area contributed by atoms with Crippen LogP contribution in [0.3, 0.4) is 0 Å². The molecule has 0 aromatic heterocycles. The third-order valence-electron chi connectivity index (χ3n) is 2.35. The molecule has 0 aromatic rings. The Bertz CT molecular complexity index is 279. The van der Waals surface area contributed by atoms with Gasteiger partial charge in [0.15, 0.2) is 0 Å². The van der Waals surface area contributed by atoms with Crippen molar-refractivity contribution in [1.29, 1.82) is 0 Å². The van der Waals surface area contributed by atoms with Crippen LogP contribution < -0.4 is 10.6 Å². The van der Waals surface area contributed by atoms with Crippen molar-refractivity contribution in [3.63, 3.8) is 0 Å². The van der Waals surface area contributed by atoms with Gasteiger partial charge in [0.05, 0.1) is 6.04 Å². The van der Waals surface area contributed by atoms with Crippen molar-refractivity contribution in [3.8, 4) is 0 Å². The molecule has 1 amide bonds. The number of rotatable bonds is 4. The zero-order chi connectivity index (χ0) is 13.2. The van der Waals surface area contributed by atoms with E-state index >= 15 is 0 Å². The van der Waals surface area contributed by atoms with Gasteiger partial charge in [-0.25, -0.2) is 13.6 Å². The summed E-state index contributed by atoms with van der Waals surface area (Å²) in [4.78, 5) is 11.4. The fourth-order valence-corrected chi connectivity index (χ4v) is 1.41. The van der Waals surface area contributed by atoms with Crippen LogP contribution in [0.1, 0.15) is 34.1 Å². The van der Waals surface area contributed by atoms with Crippen molar-refractivity contribution in [3.05, 3.63) is 0 Å². The zero-order valence-corrected chi connectivity index (χ0v) is 10.6. The van der Waals surface area contributed by atoms with E-state index in [1.54, 1.807) is 20.8 Å². The van der Waals surface area contributed by atoms with Crippen molar-refractivity contribution in [2.75, 3.05) is 0 Å². The van der Waals surface area contributed by atoms with Gasteiger partial charge in [0.25, 0.3) is 6.43 Å². The molecule has 0 heterocycles. The number of alkyl carbamates (subject to hydrolysis) is 1. The molecule has 3 atom stereocenters. The summed E-state index contributed by atoms with van der Waals surface area (Å²) in [6.45, 7) is 6.74. The Labute approximate surface area is 100 Å². The minimum Gasteiger partial charge on any atom is -0.444 e. The first-order chi connectivity index (χ1) is 7.69. The summed E-state index contributed by atoms with van der Waals surface area (Å²) in [5.74, 6) is 0. The largest absolute Gasteiger partial charge is 0.444 e. The summed E-state index contributed by atoms with van der Waals surface area (Å²) in [5.41, 5.74) is -0.543. The maximum atomic E-state index is 12.3. The van der Waals surface area contributed by atoms with E-state index in [1.807, 2.05) is 0 Å². The molecule has 17 heavy (non-hydrogen) atoms. The molecule has 3 unspecified atom stereocenters. The molecule has 0 spiro atoms. The Morgan fingerprint density at radius 2 is 1.94 bits per heavy atom. The van der Waals surface area contributed by atoms with E-state index in [9.17, 15) is 13.6 Å². The Hall–Kier alpha value is -0.910. The molecule has 100 valence electrons. The molecule has 0 radical (unpaired) electrons. The molecule has 1 aliphatic rings. The topological polar surface area (TPSA) is 50.4 Å². The molecule has 2 N–H and O–H groups in total. The third-order valence-corrected chi connectivity index (χ3v) is 2.35. The summed E-state index contributed by atoms with van der Waals surface area (Å²) in [6, 6.07) is -1.04. The van der Waals surface area contributed by atoms with Crippen LogP contribution in [-0.4, -0.2) is 36.2 Å². The van der Waals surface area contributed by atoms with Gasteiger partial charge in [0.1, 0.15) is 5.60 Å². The number of ether oxygens (including phenoxy) is 1. The van der Waals surface area contributed by atoms with Crippen LogP contribution in [0.5, 0.6) is 0 Å². The number of nitrogens with one attached hydrogen (secondary N) is 2. The van der Waals surface area contributed by atoms with E-state index in [0.29, 0.717) is 6.42 Å². The van der Waals surface area contributed by atoms with E-state index < -0.39 is 24.2 Å². The second-order valence-electron chi connectivity index (χ2n) is 5.38. The number of alkyl halides is 2. The second kappa shape index (κ2) is 5.16. The number of carbonyl (C=O) groups excluding carboxylic acids is 1. The SMILES string of the molecule is CC(NC1CC1NC(=O)OC(C)(C)C)C(F)F. The summed E-state index contributed by atoms with van der Waals surface area (Å²) in [5, 5.41) is 5.39. The maximum absolute atomic E-state index is 12.3. The fourth-order valence-electron chi connectivity index (χ4n) is 1.41. The van der Waals surface area contributed by atoms with Gasteiger partial charge in [-0.15, -0.1) is 0 Å². The van der Waals surface area contributed by atoms with Gasteiger partial charge >= 0.3 is 6.09 Å². The number of amides is 1. The van der Waals surface area contributed by atoms with E-state index in [4.69, 9.17) is 4.74 Å². The van der Waals surface area contributed by atoms with Gasteiger partial charge in [-0.2, -0.15) is 0 Å². The van der Waals surface area contributed by atoms with Gasteiger partial charge in [-0.3, -0.25) is 0 Å². The minimum absolute atomic E-state index is 0.0773. The average Bonchev–Trinajstić information content (AvgIpc) is 2.79. The Balaban J connectivity index is 2.22. The lowest BCUT2D eigenvalue weighted by Crippen LogP contribution is -2.40. The van der Waals surface area contributed by atoms with E-state index in [-0.39, 0.29) is 12.1 Å². The van der Waals surface area contributed by atoms with E-state index in [0.717, 1.165) is 0 Å². The van der Waals surface area contributed by atoms with Crippen molar-refractivity contribution < 1.29 is 18.3 Å². The molecular formula is C11H20F2N2O2. The van der Waals surface area contributed by atoms with Crippen molar-refractivity contribution in [1.82, 2.24) is 10.6 Å². The first kappa shape index (κ1) is 14.2. The highest BCUT2D eigenvalue weighted by Crippen LogP contribution is 2.23. The third kappa shape index (κ3) is 5.30. The highest BCUT2D eigenvalue weighted by molar-refractivity contribution is 5.68. The number of halogens is 2. The lowest BCUT2D eigenvalue weighted by molar-refractivity contribution is 0.0520. The molecule has 1 rings (SSSR count). The zero-order valence-electron chi connectivity index (χ0n) is 10.6. The Morgan fingerprint density at radius 1 is 1.35 bits per heavy atom. The van der Waals surface area contributed by atoms with Gasteiger partial charge in [-0.1, -0.05) is 0 Å². The first-order valence-electron chi connectivity index (χ1n) is 5.73. The van der Waals surface area contributed by atoms with Crippen LogP contribution in [0.2, 0.25) is 0 Å². The maximum Gasteiger partial charge on any atom is 0.407 e. The number of carbonyl (C=O) groups is 1. The summed E-state index contributed by atoms with van der Waals surface area (Å²) >= 11 is 0. The van der Waals surface area contributed by atoms with Gasteiger partial charge < -0.3 is 15.4 Å². The van der Waals surface area contributed by atoms with Crippen molar-refractivity contribution in [2.24, 2.45) is 0 Å². The van der Waals surface area contributed by atoms with Crippen molar-refractivity contribution >= 4 is 6.09 Å². The highest BCUT2D eigenvalue weighted by Gasteiger charge is 2.40. The predicted molar refractivity (Wildman–Crippen MR) is 60.2 cm³/mol. The molecule has 0 bridgehead atoms. The second-order valence-corrected chi connectivity index (χ2v) is 5.38. The molecule has 0 aromatic carbocycles.